The van der Waals surface area contributed by atoms with E-state index < -0.39 is 30.4 Å². The van der Waals surface area contributed by atoms with Gasteiger partial charge in [-0.3, -0.25) is 9.78 Å². The highest BCUT2D eigenvalue weighted by molar-refractivity contribution is 5.79. The zero-order valence-corrected chi connectivity index (χ0v) is 9.82. The number of hydrogen-bond donors (Lipinski definition) is 3. The molecule has 0 spiro atoms. The molecule has 0 aliphatic rings. The normalized spacial score (nSPS) is 14.3. The molecular formula is C13H12FNO4. The van der Waals surface area contributed by atoms with Gasteiger partial charge in [0.25, 0.3) is 0 Å². The van der Waals surface area contributed by atoms with Gasteiger partial charge in [-0.1, -0.05) is 6.07 Å². The number of aromatic nitrogens is 1. The maximum absolute atomic E-state index is 13.8. The summed E-state index contributed by atoms with van der Waals surface area (Å²) in [6.45, 7) is 0. The summed E-state index contributed by atoms with van der Waals surface area (Å²) in [5.41, 5.74) is 0.276. The highest BCUT2D eigenvalue weighted by atomic mass is 19.1. The zero-order valence-electron chi connectivity index (χ0n) is 9.82. The Kier molecular flexibility index (Phi) is 3.73. The molecule has 0 radical (unpaired) electrons. The van der Waals surface area contributed by atoms with Crippen LogP contribution < -0.4 is 0 Å². The number of halogens is 1. The quantitative estimate of drug-likeness (QED) is 0.773. The van der Waals surface area contributed by atoms with Crippen molar-refractivity contribution in [2.24, 2.45) is 0 Å². The van der Waals surface area contributed by atoms with Gasteiger partial charge in [0.1, 0.15) is 11.9 Å². The third kappa shape index (κ3) is 2.86. The summed E-state index contributed by atoms with van der Waals surface area (Å²) in [5, 5.41) is 28.5. The van der Waals surface area contributed by atoms with E-state index in [1.54, 1.807) is 12.1 Å². The van der Waals surface area contributed by atoms with Gasteiger partial charge in [-0.15, -0.1) is 0 Å². The number of aliphatic hydroxyl groups is 2. The topological polar surface area (TPSA) is 90.7 Å². The molecule has 1 aromatic heterocycles. The molecule has 6 heteroatoms. The molecule has 3 N–H and O–H groups in total. The first-order valence-corrected chi connectivity index (χ1v) is 5.61. The molecule has 1 heterocycles. The average Bonchev–Trinajstić information content (AvgIpc) is 2.36. The Bertz CT molecular complexity index is 617. The average molecular weight is 265 g/mol. The number of carbonyl (C=O) groups is 1. The molecule has 100 valence electrons. The maximum Gasteiger partial charge on any atom is 0.306 e. The van der Waals surface area contributed by atoms with E-state index in [1.807, 2.05) is 0 Å². The maximum atomic E-state index is 13.8. The number of aliphatic hydroxyl groups excluding tert-OH is 2. The minimum Gasteiger partial charge on any atom is -0.481 e. The summed E-state index contributed by atoms with van der Waals surface area (Å²) in [7, 11) is 0. The van der Waals surface area contributed by atoms with Crippen LogP contribution in [0.4, 0.5) is 4.39 Å². The van der Waals surface area contributed by atoms with Gasteiger partial charge in [0, 0.05) is 23.2 Å². The van der Waals surface area contributed by atoms with Gasteiger partial charge >= 0.3 is 5.97 Å². The number of fused-ring (bicyclic) bond motifs is 1. The summed E-state index contributed by atoms with van der Waals surface area (Å²) >= 11 is 0. The van der Waals surface area contributed by atoms with E-state index in [4.69, 9.17) is 5.11 Å². The molecule has 0 amide bonds. The first-order valence-electron chi connectivity index (χ1n) is 5.61. The summed E-state index contributed by atoms with van der Waals surface area (Å²) < 4.78 is 13.8. The van der Waals surface area contributed by atoms with Crippen molar-refractivity contribution in [1.82, 2.24) is 4.98 Å². The highest BCUT2D eigenvalue weighted by Gasteiger charge is 2.24. The summed E-state index contributed by atoms with van der Waals surface area (Å²) in [6.07, 6.45) is -2.31. The van der Waals surface area contributed by atoms with Gasteiger partial charge in [-0.2, -0.15) is 0 Å². The Morgan fingerprint density at radius 2 is 2.11 bits per heavy atom. The SMILES string of the molecule is O=C(O)CC(O)C(O)c1cc2cccnc2cc1F. The van der Waals surface area contributed by atoms with E-state index in [2.05, 4.69) is 4.98 Å². The van der Waals surface area contributed by atoms with Gasteiger partial charge in [0.15, 0.2) is 0 Å². The van der Waals surface area contributed by atoms with Crippen LogP contribution in [0.5, 0.6) is 0 Å². The minimum absolute atomic E-state index is 0.144. The van der Waals surface area contributed by atoms with E-state index >= 15 is 0 Å². The highest BCUT2D eigenvalue weighted by Crippen LogP contribution is 2.25. The molecule has 0 saturated carbocycles. The monoisotopic (exact) mass is 265 g/mol. The van der Waals surface area contributed by atoms with Gasteiger partial charge in [-0.05, 0) is 12.1 Å². The molecule has 19 heavy (non-hydrogen) atoms. The van der Waals surface area contributed by atoms with Gasteiger partial charge in [0.05, 0.1) is 18.0 Å². The molecule has 2 aromatic rings. The second kappa shape index (κ2) is 5.29. The predicted molar refractivity (Wildman–Crippen MR) is 64.9 cm³/mol. The van der Waals surface area contributed by atoms with Crippen LogP contribution in [0.15, 0.2) is 30.5 Å². The second-order valence-corrected chi connectivity index (χ2v) is 4.18. The van der Waals surface area contributed by atoms with Crippen LogP contribution in [0.25, 0.3) is 10.9 Å². The molecule has 2 unspecified atom stereocenters. The van der Waals surface area contributed by atoms with Crippen LogP contribution in [0.2, 0.25) is 0 Å². The Morgan fingerprint density at radius 1 is 1.37 bits per heavy atom. The van der Waals surface area contributed by atoms with Crippen LogP contribution >= 0.6 is 0 Å². The van der Waals surface area contributed by atoms with Crippen molar-refractivity contribution >= 4 is 16.9 Å². The molecule has 0 aliphatic carbocycles. The molecule has 2 rings (SSSR count). The summed E-state index contributed by atoms with van der Waals surface area (Å²) in [5.74, 6) is -2.00. The van der Waals surface area contributed by atoms with E-state index in [0.29, 0.717) is 10.9 Å². The Balaban J connectivity index is 2.38. The first kappa shape index (κ1) is 13.4. The van der Waals surface area contributed by atoms with Crippen LogP contribution in [-0.2, 0) is 4.79 Å². The van der Waals surface area contributed by atoms with Crippen LogP contribution in [0, 0.1) is 5.82 Å². The fourth-order valence-corrected chi connectivity index (χ4v) is 1.84. The number of benzene rings is 1. The first-order chi connectivity index (χ1) is 8.99. The van der Waals surface area contributed by atoms with Crippen molar-refractivity contribution in [1.29, 1.82) is 0 Å². The number of carboxylic acids is 1. The number of aliphatic carboxylic acids is 1. The van der Waals surface area contributed by atoms with Crippen LogP contribution in [0.3, 0.4) is 0 Å². The molecule has 5 nitrogen and oxygen atoms in total. The third-order valence-electron chi connectivity index (χ3n) is 2.79. The molecule has 2 atom stereocenters. The Morgan fingerprint density at radius 3 is 2.79 bits per heavy atom. The smallest absolute Gasteiger partial charge is 0.306 e. The third-order valence-corrected chi connectivity index (χ3v) is 2.79. The second-order valence-electron chi connectivity index (χ2n) is 4.18. The fourth-order valence-electron chi connectivity index (χ4n) is 1.84. The Labute approximate surface area is 108 Å². The molecular weight excluding hydrogens is 253 g/mol. The van der Waals surface area contributed by atoms with E-state index in [0.717, 1.165) is 6.07 Å². The number of rotatable bonds is 4. The lowest BCUT2D eigenvalue weighted by Gasteiger charge is -2.17. The van der Waals surface area contributed by atoms with Crippen molar-refractivity contribution in [3.63, 3.8) is 0 Å². The molecule has 0 aliphatic heterocycles. The zero-order chi connectivity index (χ0) is 14.0. The number of pyridine rings is 1. The molecule has 0 bridgehead atoms. The van der Waals surface area contributed by atoms with Crippen molar-refractivity contribution in [3.05, 3.63) is 41.8 Å². The van der Waals surface area contributed by atoms with Gasteiger partial charge in [-0.25, -0.2) is 4.39 Å². The largest absolute Gasteiger partial charge is 0.481 e. The standard InChI is InChI=1S/C13H12FNO4/c14-9-5-10-7(2-1-3-15-10)4-8(9)13(19)11(16)6-12(17)18/h1-5,11,13,16,19H,6H2,(H,17,18). The number of carboxylic acid groups (broad SMARTS) is 1. The van der Waals surface area contributed by atoms with Crippen molar-refractivity contribution < 1.29 is 24.5 Å². The van der Waals surface area contributed by atoms with Crippen LogP contribution in [0.1, 0.15) is 18.1 Å². The molecule has 0 saturated heterocycles. The Hall–Kier alpha value is -2.05. The van der Waals surface area contributed by atoms with Crippen molar-refractivity contribution in [2.75, 3.05) is 0 Å². The van der Waals surface area contributed by atoms with E-state index in [-0.39, 0.29) is 5.56 Å². The summed E-state index contributed by atoms with van der Waals surface area (Å²) in [4.78, 5) is 14.4. The van der Waals surface area contributed by atoms with Crippen LogP contribution in [-0.4, -0.2) is 32.4 Å². The molecule has 0 fully saturated rings. The number of hydrogen-bond acceptors (Lipinski definition) is 4. The predicted octanol–water partition coefficient (Wildman–Crippen LogP) is 1.24. The van der Waals surface area contributed by atoms with Gasteiger partial charge in [0.2, 0.25) is 0 Å². The number of nitrogens with zero attached hydrogens (tertiary/aromatic N) is 1. The van der Waals surface area contributed by atoms with Crippen molar-refractivity contribution in [3.8, 4) is 0 Å². The van der Waals surface area contributed by atoms with Crippen molar-refractivity contribution in [2.45, 2.75) is 18.6 Å². The lowest BCUT2D eigenvalue weighted by atomic mass is 9.99. The van der Waals surface area contributed by atoms with E-state index in [1.165, 1.54) is 12.3 Å². The molecule has 1 aromatic carbocycles. The van der Waals surface area contributed by atoms with Gasteiger partial charge < -0.3 is 15.3 Å². The lowest BCUT2D eigenvalue weighted by Crippen LogP contribution is -2.22. The lowest BCUT2D eigenvalue weighted by molar-refractivity contribution is -0.141. The fraction of sp³-hybridized carbons (Fsp3) is 0.231. The van der Waals surface area contributed by atoms with E-state index in [9.17, 15) is 19.4 Å². The summed E-state index contributed by atoms with van der Waals surface area (Å²) in [6, 6.07) is 5.83. The minimum atomic E-state index is -1.60.